The Morgan fingerprint density at radius 2 is 1.63 bits per heavy atom. The molecule has 0 unspecified atom stereocenters. The molecule has 1 aromatic rings. The van der Waals surface area contributed by atoms with Crippen molar-refractivity contribution in [3.63, 3.8) is 0 Å². The van der Waals surface area contributed by atoms with Crippen molar-refractivity contribution in [3.05, 3.63) is 52.6 Å². The molecule has 5 atom stereocenters. The predicted molar refractivity (Wildman–Crippen MR) is 143 cm³/mol. The van der Waals surface area contributed by atoms with Gasteiger partial charge in [0.15, 0.2) is 5.78 Å². The smallest absolute Gasteiger partial charge is 0.383 e. The minimum Gasteiger partial charge on any atom is -0.383 e. The van der Waals surface area contributed by atoms with Crippen LogP contribution >= 0.6 is 7.60 Å². The molecule has 0 aromatic heterocycles. The molecule has 0 aliphatic heterocycles. The van der Waals surface area contributed by atoms with Gasteiger partial charge in [-0.3, -0.25) is 9.36 Å². The van der Waals surface area contributed by atoms with E-state index in [-0.39, 0.29) is 37.8 Å². The summed E-state index contributed by atoms with van der Waals surface area (Å²) in [6.45, 7) is 5.07. The zero-order valence-electron chi connectivity index (χ0n) is 23.4. The second-order valence-electron chi connectivity index (χ2n) is 11.9. The Kier molecular flexibility index (Phi) is 7.75. The van der Waals surface area contributed by atoms with Gasteiger partial charge in [0.2, 0.25) is 0 Å². The lowest BCUT2D eigenvalue weighted by molar-refractivity contribution is -0.362. The Balaban J connectivity index is 1.65. The standard InChI is InChI=1S/C30H36F5O5P/c1-4-39-41(38,40-5-2)21-10-6-18(7-11-21)24-17-27(3)25(14-15-28(27,37)29(31,32)30(33,34)35)23-12-8-19-16-20(36)9-13-22(19)26(23)24/h6-7,10-11,16,23-25,37H,4-5,8-9,12-15,17H2,1-3H3/t23-,24+,25-,27-,28-/m0/s1. The van der Waals surface area contributed by atoms with E-state index in [1.54, 1.807) is 44.2 Å². The van der Waals surface area contributed by atoms with Gasteiger partial charge in [-0.25, -0.2) is 0 Å². The number of carbonyl (C=O) groups excluding carboxylic acids is 1. The van der Waals surface area contributed by atoms with Crippen LogP contribution in [0, 0.1) is 17.3 Å². The molecular weight excluding hydrogens is 566 g/mol. The summed E-state index contributed by atoms with van der Waals surface area (Å²) < 4.78 is 95.7. The Morgan fingerprint density at radius 1 is 1.00 bits per heavy atom. The van der Waals surface area contributed by atoms with Crippen LogP contribution in [-0.2, 0) is 18.4 Å². The lowest BCUT2D eigenvalue weighted by Gasteiger charge is -2.56. The maximum absolute atomic E-state index is 15.1. The number of rotatable bonds is 7. The van der Waals surface area contributed by atoms with E-state index in [1.807, 2.05) is 0 Å². The average molecular weight is 603 g/mol. The highest BCUT2D eigenvalue weighted by Gasteiger charge is 2.79. The molecular formula is C30H36F5O5P. The van der Waals surface area contributed by atoms with Gasteiger partial charge in [0.1, 0.15) is 5.60 Å². The molecule has 0 spiro atoms. The zero-order chi connectivity index (χ0) is 30.0. The van der Waals surface area contributed by atoms with Crippen LogP contribution in [0.25, 0.3) is 0 Å². The summed E-state index contributed by atoms with van der Waals surface area (Å²) in [6, 6.07) is 6.57. The molecule has 0 heterocycles. The van der Waals surface area contributed by atoms with E-state index in [0.717, 1.165) is 16.7 Å². The van der Waals surface area contributed by atoms with Crippen molar-refractivity contribution in [1.82, 2.24) is 0 Å². The van der Waals surface area contributed by atoms with Crippen LogP contribution < -0.4 is 5.30 Å². The molecule has 0 radical (unpaired) electrons. The molecule has 11 heteroatoms. The van der Waals surface area contributed by atoms with Crippen molar-refractivity contribution in [2.75, 3.05) is 13.2 Å². The molecule has 2 saturated carbocycles. The van der Waals surface area contributed by atoms with Crippen LogP contribution in [0.2, 0.25) is 0 Å². The highest BCUT2D eigenvalue weighted by atomic mass is 31.2. The topological polar surface area (TPSA) is 72.8 Å². The van der Waals surface area contributed by atoms with Crippen LogP contribution in [0.3, 0.4) is 0 Å². The number of alkyl halides is 5. The normalized spacial score (nSPS) is 32.4. The molecule has 0 bridgehead atoms. The van der Waals surface area contributed by atoms with Gasteiger partial charge in [0.25, 0.3) is 0 Å². The first-order valence-electron chi connectivity index (χ1n) is 14.3. The molecule has 5 rings (SSSR count). The first-order valence-corrected chi connectivity index (χ1v) is 15.8. The van der Waals surface area contributed by atoms with Crippen LogP contribution in [0.4, 0.5) is 22.0 Å². The van der Waals surface area contributed by atoms with E-state index in [4.69, 9.17) is 9.05 Å². The second kappa shape index (κ2) is 10.4. The molecule has 0 amide bonds. The summed E-state index contributed by atoms with van der Waals surface area (Å²) in [5.74, 6) is -6.73. The molecule has 5 nitrogen and oxygen atoms in total. The lowest BCUT2D eigenvalue weighted by Crippen LogP contribution is -2.65. The number of hydrogen-bond acceptors (Lipinski definition) is 5. The summed E-state index contributed by atoms with van der Waals surface area (Å²) >= 11 is 0. The summed E-state index contributed by atoms with van der Waals surface area (Å²) in [5.41, 5.74) is -1.48. The first kappa shape index (κ1) is 30.6. The molecule has 4 aliphatic carbocycles. The van der Waals surface area contributed by atoms with E-state index < -0.39 is 49.0 Å². The highest BCUT2D eigenvalue weighted by Crippen LogP contribution is 2.70. The third kappa shape index (κ3) is 4.59. The molecule has 1 N–H and O–H groups in total. The fourth-order valence-electron chi connectivity index (χ4n) is 8.13. The number of aliphatic hydroxyl groups is 1. The fraction of sp³-hybridized carbons (Fsp3) is 0.633. The first-order chi connectivity index (χ1) is 19.1. The van der Waals surface area contributed by atoms with Gasteiger partial charge in [0, 0.05) is 17.8 Å². The van der Waals surface area contributed by atoms with Crippen molar-refractivity contribution in [3.8, 4) is 0 Å². The summed E-state index contributed by atoms with van der Waals surface area (Å²) in [5, 5.41) is 11.7. The quantitative estimate of drug-likeness (QED) is 0.260. The van der Waals surface area contributed by atoms with Gasteiger partial charge in [0.05, 0.1) is 18.5 Å². The molecule has 2 fully saturated rings. The number of hydrogen-bond donors (Lipinski definition) is 1. The summed E-state index contributed by atoms with van der Waals surface area (Å²) in [7, 11) is -3.61. The molecule has 4 aliphatic rings. The number of fused-ring (bicyclic) bond motifs is 4. The number of ketones is 1. The van der Waals surface area contributed by atoms with Crippen LogP contribution in [-0.4, -0.2) is 41.8 Å². The average Bonchev–Trinajstić information content (AvgIpc) is 3.19. The van der Waals surface area contributed by atoms with Crippen molar-refractivity contribution in [2.45, 2.75) is 89.3 Å². The Hall–Kier alpha value is -1.87. The van der Waals surface area contributed by atoms with Gasteiger partial charge < -0.3 is 14.2 Å². The third-order valence-electron chi connectivity index (χ3n) is 9.97. The zero-order valence-corrected chi connectivity index (χ0v) is 24.3. The van der Waals surface area contributed by atoms with Gasteiger partial charge in [-0.2, -0.15) is 22.0 Å². The van der Waals surface area contributed by atoms with E-state index in [9.17, 15) is 27.6 Å². The van der Waals surface area contributed by atoms with Crippen molar-refractivity contribution in [2.24, 2.45) is 17.3 Å². The van der Waals surface area contributed by atoms with Gasteiger partial charge in [-0.15, -0.1) is 0 Å². The van der Waals surface area contributed by atoms with Crippen molar-refractivity contribution < 1.29 is 45.5 Å². The third-order valence-corrected chi connectivity index (χ3v) is 12.1. The lowest BCUT2D eigenvalue weighted by atomic mass is 9.50. The fourth-order valence-corrected chi connectivity index (χ4v) is 9.70. The molecule has 226 valence electrons. The van der Waals surface area contributed by atoms with Crippen molar-refractivity contribution in [1.29, 1.82) is 0 Å². The van der Waals surface area contributed by atoms with E-state index in [1.165, 1.54) is 6.92 Å². The molecule has 41 heavy (non-hydrogen) atoms. The van der Waals surface area contributed by atoms with Crippen molar-refractivity contribution >= 4 is 18.7 Å². The SMILES string of the molecule is CCOP(=O)(OCC)c1ccc([C@H]2C[C@@]3(C)[C@@H](CC[C@@]3(O)C(F)(F)C(F)(F)F)[C@@H]3CCC4=CC(=O)CCC4=C32)cc1. The van der Waals surface area contributed by atoms with Crippen LogP contribution in [0.15, 0.2) is 47.1 Å². The minimum atomic E-state index is -5.90. The Bertz CT molecular complexity index is 1310. The number of carbonyl (C=O) groups is 1. The van der Waals surface area contributed by atoms with Gasteiger partial charge in [-0.05, 0) is 99.1 Å². The minimum absolute atomic E-state index is 0.0204. The second-order valence-corrected chi connectivity index (χ2v) is 13.9. The highest BCUT2D eigenvalue weighted by molar-refractivity contribution is 7.62. The monoisotopic (exact) mass is 602 g/mol. The number of benzene rings is 1. The van der Waals surface area contributed by atoms with E-state index in [0.29, 0.717) is 36.6 Å². The molecule has 1 aromatic carbocycles. The maximum atomic E-state index is 15.1. The summed E-state index contributed by atoms with van der Waals surface area (Å²) in [6.07, 6.45) is -3.15. The summed E-state index contributed by atoms with van der Waals surface area (Å²) in [4.78, 5) is 12.2. The largest absolute Gasteiger partial charge is 0.456 e. The Morgan fingerprint density at radius 3 is 2.22 bits per heavy atom. The predicted octanol–water partition coefficient (Wildman–Crippen LogP) is 7.41. The van der Waals surface area contributed by atoms with E-state index >= 15 is 8.78 Å². The molecule has 0 saturated heterocycles. The van der Waals surface area contributed by atoms with E-state index in [2.05, 4.69) is 0 Å². The Labute approximate surface area is 236 Å². The van der Waals surface area contributed by atoms with Crippen LogP contribution in [0.5, 0.6) is 0 Å². The van der Waals surface area contributed by atoms with Gasteiger partial charge >= 0.3 is 19.7 Å². The number of halogens is 5. The maximum Gasteiger partial charge on any atom is 0.456 e. The van der Waals surface area contributed by atoms with Gasteiger partial charge in [-0.1, -0.05) is 24.6 Å². The number of allylic oxidation sites excluding steroid dienone is 4. The van der Waals surface area contributed by atoms with Crippen LogP contribution in [0.1, 0.15) is 77.2 Å².